The van der Waals surface area contributed by atoms with Crippen LogP contribution >= 0.6 is 0 Å². The monoisotopic (exact) mass is 117 g/mol. The van der Waals surface area contributed by atoms with Crippen molar-refractivity contribution in [3.05, 3.63) is 0 Å². The SMILES string of the molecule is O=CN1C[C@H](O)CO1. The van der Waals surface area contributed by atoms with E-state index >= 15 is 0 Å². The lowest BCUT2D eigenvalue weighted by molar-refractivity contribution is -0.153. The fraction of sp³-hybridized carbons (Fsp3) is 0.750. The van der Waals surface area contributed by atoms with Gasteiger partial charge in [0.25, 0.3) is 0 Å². The highest BCUT2D eigenvalue weighted by Gasteiger charge is 2.18. The van der Waals surface area contributed by atoms with Gasteiger partial charge in [0.05, 0.1) is 12.6 Å². The Hall–Kier alpha value is -0.610. The summed E-state index contributed by atoms with van der Waals surface area (Å²) in [5, 5.41) is 9.78. The van der Waals surface area contributed by atoms with Gasteiger partial charge in [-0.05, 0) is 0 Å². The summed E-state index contributed by atoms with van der Waals surface area (Å²) in [4.78, 5) is 14.5. The molecular formula is C4H7NO3. The Kier molecular flexibility index (Phi) is 1.45. The van der Waals surface area contributed by atoms with Gasteiger partial charge in [-0.3, -0.25) is 9.63 Å². The van der Waals surface area contributed by atoms with Gasteiger partial charge in [-0.15, -0.1) is 0 Å². The fourth-order valence-electron chi connectivity index (χ4n) is 0.568. The molecule has 1 heterocycles. The minimum absolute atomic E-state index is 0.235. The summed E-state index contributed by atoms with van der Waals surface area (Å²) in [5.74, 6) is 0. The first-order valence-corrected chi connectivity index (χ1v) is 2.36. The van der Waals surface area contributed by atoms with Crippen LogP contribution in [0.4, 0.5) is 0 Å². The lowest BCUT2D eigenvalue weighted by Gasteiger charge is -2.02. The third-order valence-electron chi connectivity index (χ3n) is 0.941. The van der Waals surface area contributed by atoms with E-state index in [9.17, 15) is 4.79 Å². The Morgan fingerprint density at radius 1 is 1.88 bits per heavy atom. The average molecular weight is 117 g/mol. The van der Waals surface area contributed by atoms with Crippen molar-refractivity contribution in [2.45, 2.75) is 6.10 Å². The summed E-state index contributed by atoms with van der Waals surface area (Å²) >= 11 is 0. The predicted octanol–water partition coefficient (Wildman–Crippen LogP) is -1.25. The molecule has 1 aliphatic rings. The number of hydrogen-bond acceptors (Lipinski definition) is 3. The largest absolute Gasteiger partial charge is 0.389 e. The molecular weight excluding hydrogens is 110 g/mol. The van der Waals surface area contributed by atoms with Gasteiger partial charge in [-0.1, -0.05) is 0 Å². The maximum absolute atomic E-state index is 9.84. The molecule has 46 valence electrons. The summed E-state index contributed by atoms with van der Waals surface area (Å²) in [7, 11) is 0. The third kappa shape index (κ3) is 0.962. The van der Waals surface area contributed by atoms with Crippen molar-refractivity contribution in [2.24, 2.45) is 0 Å². The molecule has 0 spiro atoms. The number of aliphatic hydroxyl groups excluding tert-OH is 1. The van der Waals surface area contributed by atoms with Crippen LogP contribution in [-0.2, 0) is 9.63 Å². The van der Waals surface area contributed by atoms with Crippen molar-refractivity contribution < 1.29 is 14.7 Å². The quantitative estimate of drug-likeness (QED) is 0.436. The van der Waals surface area contributed by atoms with Crippen LogP contribution in [0.2, 0.25) is 0 Å². The molecule has 1 aliphatic heterocycles. The van der Waals surface area contributed by atoms with Crippen LogP contribution in [0.25, 0.3) is 0 Å². The number of aliphatic hydroxyl groups is 1. The van der Waals surface area contributed by atoms with Crippen molar-refractivity contribution in [1.29, 1.82) is 0 Å². The summed E-state index contributed by atoms with van der Waals surface area (Å²) < 4.78 is 0. The molecule has 0 aromatic rings. The van der Waals surface area contributed by atoms with E-state index in [4.69, 9.17) is 5.11 Å². The van der Waals surface area contributed by atoms with Gasteiger partial charge in [0.1, 0.15) is 6.61 Å². The van der Waals surface area contributed by atoms with Crippen LogP contribution in [0.15, 0.2) is 0 Å². The second-order valence-corrected chi connectivity index (χ2v) is 1.65. The van der Waals surface area contributed by atoms with E-state index in [-0.39, 0.29) is 6.61 Å². The van der Waals surface area contributed by atoms with Gasteiger partial charge in [0.15, 0.2) is 0 Å². The number of rotatable bonds is 1. The second-order valence-electron chi connectivity index (χ2n) is 1.65. The lowest BCUT2D eigenvalue weighted by Crippen LogP contribution is -2.18. The molecule has 0 bridgehead atoms. The van der Waals surface area contributed by atoms with E-state index in [1.54, 1.807) is 0 Å². The molecule has 4 nitrogen and oxygen atoms in total. The van der Waals surface area contributed by atoms with Crippen molar-refractivity contribution in [3.63, 3.8) is 0 Å². The number of hydroxylamine groups is 2. The van der Waals surface area contributed by atoms with Gasteiger partial charge < -0.3 is 5.11 Å². The summed E-state index contributed by atoms with van der Waals surface area (Å²) in [6.45, 7) is 0.530. The van der Waals surface area contributed by atoms with E-state index in [1.807, 2.05) is 0 Å². The number of β-amino-alcohol motifs (C(OH)–C–C–N with tert-alkyl or cyclic N) is 1. The maximum atomic E-state index is 9.84. The van der Waals surface area contributed by atoms with Gasteiger partial charge >= 0.3 is 0 Å². The minimum atomic E-state index is -0.500. The zero-order chi connectivity index (χ0) is 5.98. The summed E-state index contributed by atoms with van der Waals surface area (Å²) in [6, 6.07) is 0. The van der Waals surface area contributed by atoms with Gasteiger partial charge in [-0.2, -0.15) is 0 Å². The number of hydrogen-bond donors (Lipinski definition) is 1. The molecule has 0 radical (unpaired) electrons. The predicted molar refractivity (Wildman–Crippen MR) is 24.7 cm³/mol. The highest BCUT2D eigenvalue weighted by molar-refractivity contribution is 5.45. The molecule has 1 atom stereocenters. The number of carbonyl (C=O) groups is 1. The molecule has 1 N–H and O–H groups in total. The maximum Gasteiger partial charge on any atom is 0.233 e. The Labute approximate surface area is 46.6 Å². The van der Waals surface area contributed by atoms with E-state index < -0.39 is 6.10 Å². The van der Waals surface area contributed by atoms with Gasteiger partial charge in [0.2, 0.25) is 6.41 Å². The minimum Gasteiger partial charge on any atom is -0.389 e. The van der Waals surface area contributed by atoms with E-state index in [0.717, 1.165) is 5.06 Å². The van der Waals surface area contributed by atoms with Crippen molar-refractivity contribution in [2.75, 3.05) is 13.2 Å². The van der Waals surface area contributed by atoms with Crippen LogP contribution in [-0.4, -0.2) is 35.8 Å². The molecule has 0 unspecified atom stereocenters. The Bertz CT molecular complexity index is 95.3. The van der Waals surface area contributed by atoms with Crippen LogP contribution in [0.5, 0.6) is 0 Å². The van der Waals surface area contributed by atoms with Crippen LogP contribution in [0.1, 0.15) is 0 Å². The van der Waals surface area contributed by atoms with Crippen LogP contribution < -0.4 is 0 Å². The number of amides is 1. The molecule has 1 fully saturated rings. The van der Waals surface area contributed by atoms with Gasteiger partial charge in [-0.25, -0.2) is 5.06 Å². The Morgan fingerprint density at radius 2 is 2.62 bits per heavy atom. The highest BCUT2D eigenvalue weighted by Crippen LogP contribution is 2.00. The first-order chi connectivity index (χ1) is 3.83. The smallest absolute Gasteiger partial charge is 0.233 e. The average Bonchev–Trinajstić information content (AvgIpc) is 2.14. The fourth-order valence-corrected chi connectivity index (χ4v) is 0.568. The summed E-state index contributed by atoms with van der Waals surface area (Å²) in [5.41, 5.74) is 0. The molecule has 1 saturated heterocycles. The number of carbonyl (C=O) groups excluding carboxylic acids is 1. The third-order valence-corrected chi connectivity index (χ3v) is 0.941. The van der Waals surface area contributed by atoms with Crippen LogP contribution in [0, 0.1) is 0 Å². The Morgan fingerprint density at radius 3 is 2.88 bits per heavy atom. The first-order valence-electron chi connectivity index (χ1n) is 2.36. The lowest BCUT2D eigenvalue weighted by atomic mass is 10.4. The van der Waals surface area contributed by atoms with E-state index in [0.29, 0.717) is 13.0 Å². The standard InChI is InChI=1S/C4H7NO3/c6-3-5-1-4(7)2-8-5/h3-4,7H,1-2H2/t4-/m0/s1. The number of nitrogens with zero attached hydrogens (tertiary/aromatic N) is 1. The van der Waals surface area contributed by atoms with Crippen molar-refractivity contribution >= 4 is 6.41 Å². The second kappa shape index (κ2) is 2.11. The zero-order valence-corrected chi connectivity index (χ0v) is 4.28. The molecule has 0 saturated carbocycles. The van der Waals surface area contributed by atoms with Gasteiger partial charge in [0, 0.05) is 0 Å². The van der Waals surface area contributed by atoms with E-state index in [2.05, 4.69) is 4.84 Å². The first kappa shape index (κ1) is 5.53. The molecule has 0 aliphatic carbocycles. The molecule has 1 amide bonds. The molecule has 8 heavy (non-hydrogen) atoms. The van der Waals surface area contributed by atoms with Crippen molar-refractivity contribution in [1.82, 2.24) is 5.06 Å². The normalized spacial score (nSPS) is 28.6. The van der Waals surface area contributed by atoms with Crippen molar-refractivity contribution in [3.8, 4) is 0 Å². The molecule has 4 heteroatoms. The zero-order valence-electron chi connectivity index (χ0n) is 4.28. The molecule has 0 aromatic heterocycles. The molecule has 0 aromatic carbocycles. The molecule has 1 rings (SSSR count). The topological polar surface area (TPSA) is 49.8 Å². The Balaban J connectivity index is 2.32. The summed E-state index contributed by atoms with van der Waals surface area (Å²) in [6.07, 6.45) is 0.0520. The van der Waals surface area contributed by atoms with E-state index in [1.165, 1.54) is 0 Å². The highest BCUT2D eigenvalue weighted by atomic mass is 16.7. The van der Waals surface area contributed by atoms with Crippen LogP contribution in [0.3, 0.4) is 0 Å².